The van der Waals surface area contributed by atoms with E-state index in [9.17, 15) is 8.78 Å². The third-order valence-electron chi connectivity index (χ3n) is 4.97. The van der Waals surface area contributed by atoms with Crippen LogP contribution in [0.1, 0.15) is 35.6 Å². The summed E-state index contributed by atoms with van der Waals surface area (Å²) >= 11 is 0. The van der Waals surface area contributed by atoms with Crippen LogP contribution in [0, 0.1) is 23.0 Å². The van der Waals surface area contributed by atoms with Crippen molar-refractivity contribution in [1.29, 1.82) is 5.26 Å². The predicted octanol–water partition coefficient (Wildman–Crippen LogP) is 6.03. The fraction of sp³-hybridized carbons (Fsp3) is 0.174. The second-order valence-corrected chi connectivity index (χ2v) is 6.72. The lowest BCUT2D eigenvalue weighted by atomic mass is 9.98. The predicted molar refractivity (Wildman–Crippen MR) is 98.7 cm³/mol. The number of halogens is 2. The molecule has 0 unspecified atom stereocenters. The smallest absolute Gasteiger partial charge is 0.144 e. The number of nitrogens with zero attached hydrogens (tertiary/aromatic N) is 1. The quantitative estimate of drug-likeness (QED) is 0.445. The Hall–Kier alpha value is -2.99. The third kappa shape index (κ3) is 2.68. The van der Waals surface area contributed by atoms with Gasteiger partial charge in [-0.25, -0.2) is 8.78 Å². The highest BCUT2D eigenvalue weighted by Crippen LogP contribution is 2.39. The molecule has 3 aromatic rings. The van der Waals surface area contributed by atoms with E-state index in [0.717, 1.165) is 30.4 Å². The van der Waals surface area contributed by atoms with Crippen LogP contribution in [0.2, 0.25) is 0 Å². The third-order valence-corrected chi connectivity index (χ3v) is 4.97. The normalized spacial score (nSPS) is 11.8. The molecule has 0 aromatic heterocycles. The highest BCUT2D eigenvalue weighted by atomic mass is 19.1. The largest absolute Gasteiger partial charge is 0.205 e. The molecule has 0 radical (unpaired) electrons. The topological polar surface area (TPSA) is 23.8 Å². The molecule has 1 aliphatic carbocycles. The van der Waals surface area contributed by atoms with Crippen LogP contribution in [0.4, 0.5) is 8.78 Å². The lowest BCUT2D eigenvalue weighted by Crippen LogP contribution is -1.92. The summed E-state index contributed by atoms with van der Waals surface area (Å²) in [6.45, 7) is 2.17. The van der Waals surface area contributed by atoms with Gasteiger partial charge in [0.25, 0.3) is 0 Å². The van der Waals surface area contributed by atoms with E-state index < -0.39 is 17.2 Å². The van der Waals surface area contributed by atoms with Crippen LogP contribution in [0.25, 0.3) is 22.3 Å². The van der Waals surface area contributed by atoms with Crippen molar-refractivity contribution in [2.75, 3.05) is 0 Å². The van der Waals surface area contributed by atoms with E-state index in [1.807, 2.05) is 18.2 Å². The monoisotopic (exact) mass is 345 g/mol. The van der Waals surface area contributed by atoms with Gasteiger partial charge in [-0.1, -0.05) is 49.7 Å². The van der Waals surface area contributed by atoms with Gasteiger partial charge in [0.15, 0.2) is 0 Å². The van der Waals surface area contributed by atoms with Crippen LogP contribution in [0.3, 0.4) is 0 Å². The Morgan fingerprint density at radius 2 is 1.54 bits per heavy atom. The van der Waals surface area contributed by atoms with Gasteiger partial charge < -0.3 is 0 Å². The van der Waals surface area contributed by atoms with Gasteiger partial charge in [0, 0.05) is 0 Å². The zero-order chi connectivity index (χ0) is 18.3. The maximum absolute atomic E-state index is 13.9. The molecule has 0 N–H and O–H groups in total. The average Bonchev–Trinajstić information content (AvgIpc) is 2.98. The molecule has 0 amide bonds. The molecule has 0 fully saturated rings. The van der Waals surface area contributed by atoms with Crippen molar-refractivity contribution in [3.8, 4) is 28.3 Å². The van der Waals surface area contributed by atoms with Crippen LogP contribution in [0.15, 0.2) is 48.5 Å². The highest BCUT2D eigenvalue weighted by molar-refractivity contribution is 5.80. The summed E-state index contributed by atoms with van der Waals surface area (Å²) in [5.41, 5.74) is 6.90. The van der Waals surface area contributed by atoms with Crippen LogP contribution in [0.5, 0.6) is 0 Å². The van der Waals surface area contributed by atoms with E-state index in [-0.39, 0.29) is 0 Å². The summed E-state index contributed by atoms with van der Waals surface area (Å²) in [7, 11) is 0. The Balaban J connectivity index is 1.74. The fourth-order valence-electron chi connectivity index (χ4n) is 3.73. The first-order valence-electron chi connectivity index (χ1n) is 8.75. The van der Waals surface area contributed by atoms with Crippen molar-refractivity contribution in [2.24, 2.45) is 0 Å². The number of benzene rings is 3. The molecule has 0 atom stereocenters. The minimum Gasteiger partial charge on any atom is -0.205 e. The second kappa shape index (κ2) is 6.38. The maximum atomic E-state index is 13.9. The highest BCUT2D eigenvalue weighted by Gasteiger charge is 2.20. The molecule has 1 aliphatic rings. The summed E-state index contributed by atoms with van der Waals surface area (Å²) in [4.78, 5) is 0. The lowest BCUT2D eigenvalue weighted by molar-refractivity contribution is 0.577. The van der Waals surface area contributed by atoms with Gasteiger partial charge in [-0.3, -0.25) is 0 Å². The molecular weight excluding hydrogens is 328 g/mol. The standard InChI is InChI=1S/C23H17F2N/c1-2-3-14-4-6-19-17(8-14)10-18-9-15(5-7-20(18)19)16-11-22(24)21(13-26)23(25)12-16/h4-9,11-12H,2-3,10H2,1H3. The van der Waals surface area contributed by atoms with E-state index >= 15 is 0 Å². The van der Waals surface area contributed by atoms with Gasteiger partial charge in [0.05, 0.1) is 0 Å². The molecule has 26 heavy (non-hydrogen) atoms. The number of hydrogen-bond donors (Lipinski definition) is 0. The van der Waals surface area contributed by atoms with Crippen LogP contribution >= 0.6 is 0 Å². The minimum atomic E-state index is -0.824. The van der Waals surface area contributed by atoms with Crippen LogP contribution in [-0.2, 0) is 12.8 Å². The van der Waals surface area contributed by atoms with E-state index in [0.29, 0.717) is 5.56 Å². The van der Waals surface area contributed by atoms with E-state index in [4.69, 9.17) is 5.26 Å². The molecule has 0 bridgehead atoms. The van der Waals surface area contributed by atoms with Crippen molar-refractivity contribution in [3.63, 3.8) is 0 Å². The summed E-state index contributed by atoms with van der Waals surface area (Å²) in [6, 6.07) is 16.5. The summed E-state index contributed by atoms with van der Waals surface area (Å²) in [5, 5.41) is 8.82. The SMILES string of the molecule is CCCc1ccc2c(c1)Cc1cc(-c3cc(F)c(C#N)c(F)c3)ccc1-2. The Bertz CT molecular complexity index is 1040. The Kier molecular flexibility index (Phi) is 4.05. The second-order valence-electron chi connectivity index (χ2n) is 6.72. The van der Waals surface area contributed by atoms with Crippen LogP contribution < -0.4 is 0 Å². The summed E-state index contributed by atoms with van der Waals surface area (Å²) < 4.78 is 27.9. The molecule has 4 rings (SSSR count). The van der Waals surface area contributed by atoms with Gasteiger partial charge in [-0.15, -0.1) is 0 Å². The molecule has 0 aliphatic heterocycles. The average molecular weight is 345 g/mol. The Labute approximate surface area is 151 Å². The molecule has 0 heterocycles. The molecule has 3 aromatic carbocycles. The van der Waals surface area contributed by atoms with Crippen molar-refractivity contribution < 1.29 is 8.78 Å². The van der Waals surface area contributed by atoms with Gasteiger partial charge >= 0.3 is 0 Å². The van der Waals surface area contributed by atoms with E-state index in [2.05, 4.69) is 25.1 Å². The van der Waals surface area contributed by atoms with E-state index in [1.54, 1.807) is 6.07 Å². The molecular formula is C23H17F2N. The van der Waals surface area contributed by atoms with Crippen LogP contribution in [-0.4, -0.2) is 0 Å². The summed E-state index contributed by atoms with van der Waals surface area (Å²) in [5.74, 6) is -1.65. The number of rotatable bonds is 3. The molecule has 0 saturated heterocycles. The fourth-order valence-corrected chi connectivity index (χ4v) is 3.73. The van der Waals surface area contributed by atoms with Crippen molar-refractivity contribution >= 4 is 0 Å². The lowest BCUT2D eigenvalue weighted by Gasteiger charge is -2.07. The van der Waals surface area contributed by atoms with Crippen molar-refractivity contribution in [3.05, 3.63) is 82.4 Å². The van der Waals surface area contributed by atoms with Gasteiger partial charge in [0.1, 0.15) is 23.3 Å². The van der Waals surface area contributed by atoms with Gasteiger partial charge in [-0.05, 0) is 63.9 Å². The molecule has 128 valence electrons. The van der Waals surface area contributed by atoms with E-state index in [1.165, 1.54) is 34.4 Å². The van der Waals surface area contributed by atoms with Crippen molar-refractivity contribution in [2.45, 2.75) is 26.2 Å². The Morgan fingerprint density at radius 3 is 2.19 bits per heavy atom. The first kappa shape index (κ1) is 16.5. The number of aryl methyl sites for hydroxylation is 1. The summed E-state index contributed by atoms with van der Waals surface area (Å²) in [6.07, 6.45) is 3.02. The zero-order valence-electron chi connectivity index (χ0n) is 14.4. The van der Waals surface area contributed by atoms with Gasteiger partial charge in [-0.2, -0.15) is 5.26 Å². The zero-order valence-corrected chi connectivity index (χ0v) is 14.4. The first-order valence-corrected chi connectivity index (χ1v) is 8.75. The minimum absolute atomic E-state index is 0.449. The number of hydrogen-bond acceptors (Lipinski definition) is 1. The molecule has 3 heteroatoms. The van der Waals surface area contributed by atoms with Gasteiger partial charge in [0.2, 0.25) is 0 Å². The number of fused-ring (bicyclic) bond motifs is 3. The Morgan fingerprint density at radius 1 is 0.885 bits per heavy atom. The molecule has 1 nitrogen and oxygen atoms in total. The van der Waals surface area contributed by atoms with Crippen molar-refractivity contribution in [1.82, 2.24) is 0 Å². The molecule has 0 spiro atoms. The molecule has 0 saturated carbocycles. The maximum Gasteiger partial charge on any atom is 0.144 e. The number of nitriles is 1. The first-order chi connectivity index (χ1) is 12.6.